The average Bonchev–Trinajstić information content (AvgIpc) is 3.19. The van der Waals surface area contributed by atoms with Gasteiger partial charge >= 0.3 is 0 Å². The molecule has 166 valence electrons. The van der Waals surface area contributed by atoms with Crippen LogP contribution in [0.2, 0.25) is 0 Å². The van der Waals surface area contributed by atoms with Gasteiger partial charge in [0.05, 0.1) is 34.4 Å². The molecule has 31 heavy (non-hydrogen) atoms. The fourth-order valence-electron chi connectivity index (χ4n) is 3.74. The maximum absolute atomic E-state index is 13.1. The first-order valence-electron chi connectivity index (χ1n) is 9.90. The number of ether oxygens (including phenoxy) is 4. The number of rotatable bonds is 8. The van der Waals surface area contributed by atoms with Crippen LogP contribution in [0.15, 0.2) is 36.4 Å². The molecule has 0 saturated carbocycles. The Morgan fingerprint density at radius 1 is 0.968 bits per heavy atom. The second-order valence-corrected chi connectivity index (χ2v) is 7.32. The van der Waals surface area contributed by atoms with Gasteiger partial charge in [0, 0.05) is 49.9 Å². The van der Waals surface area contributed by atoms with Gasteiger partial charge in [-0.1, -0.05) is 0 Å². The van der Waals surface area contributed by atoms with Crippen LogP contribution in [0.25, 0.3) is 0 Å². The van der Waals surface area contributed by atoms with Crippen molar-refractivity contribution in [3.63, 3.8) is 0 Å². The summed E-state index contributed by atoms with van der Waals surface area (Å²) < 4.78 is 21.2. The molecule has 0 radical (unpaired) electrons. The van der Waals surface area contributed by atoms with Crippen LogP contribution in [0, 0.1) is 5.92 Å². The van der Waals surface area contributed by atoms with E-state index >= 15 is 0 Å². The number of carbonyl (C=O) groups is 2. The van der Waals surface area contributed by atoms with Crippen molar-refractivity contribution in [2.75, 3.05) is 46.9 Å². The van der Waals surface area contributed by atoms with Gasteiger partial charge in [-0.3, -0.25) is 9.59 Å². The maximum atomic E-state index is 13.1. The van der Waals surface area contributed by atoms with Crippen LogP contribution >= 0.6 is 0 Å². The molecule has 8 nitrogen and oxygen atoms in total. The molecule has 2 amide bonds. The van der Waals surface area contributed by atoms with Crippen LogP contribution in [-0.2, 0) is 16.1 Å². The lowest BCUT2D eigenvalue weighted by Gasteiger charge is -2.23. The van der Waals surface area contributed by atoms with E-state index in [1.165, 1.54) is 0 Å². The predicted octanol–water partition coefficient (Wildman–Crippen LogP) is 2.73. The molecule has 2 aromatic rings. The Balaban J connectivity index is 1.71. The summed E-state index contributed by atoms with van der Waals surface area (Å²) in [4.78, 5) is 28.9. The van der Waals surface area contributed by atoms with E-state index in [-0.39, 0.29) is 18.2 Å². The van der Waals surface area contributed by atoms with E-state index in [0.29, 0.717) is 41.8 Å². The molecule has 0 N–H and O–H groups in total. The van der Waals surface area contributed by atoms with Crippen LogP contribution < -0.4 is 23.8 Å². The third-order valence-corrected chi connectivity index (χ3v) is 5.43. The van der Waals surface area contributed by atoms with Crippen LogP contribution in [-0.4, -0.2) is 58.7 Å². The molecule has 0 aromatic heterocycles. The largest absolute Gasteiger partial charge is 0.497 e. The molecule has 1 aliphatic rings. The summed E-state index contributed by atoms with van der Waals surface area (Å²) in [6, 6.07) is 10.8. The van der Waals surface area contributed by atoms with E-state index in [0.717, 1.165) is 5.56 Å². The Bertz CT molecular complexity index is 961. The zero-order valence-corrected chi connectivity index (χ0v) is 18.5. The Labute approximate surface area is 182 Å². The van der Waals surface area contributed by atoms with E-state index in [4.69, 9.17) is 18.9 Å². The Morgan fingerprint density at radius 3 is 2.32 bits per heavy atom. The van der Waals surface area contributed by atoms with Gasteiger partial charge in [0.1, 0.15) is 11.5 Å². The second kappa shape index (κ2) is 9.59. The van der Waals surface area contributed by atoms with Crippen LogP contribution in [0.3, 0.4) is 0 Å². The summed E-state index contributed by atoms with van der Waals surface area (Å²) in [6.07, 6.45) is 0.164. The Morgan fingerprint density at radius 2 is 1.68 bits per heavy atom. The lowest BCUT2D eigenvalue weighted by molar-refractivity contribution is -0.135. The van der Waals surface area contributed by atoms with Crippen molar-refractivity contribution in [1.29, 1.82) is 0 Å². The predicted molar refractivity (Wildman–Crippen MR) is 116 cm³/mol. The lowest BCUT2D eigenvalue weighted by atomic mass is 10.1. The molecular weight excluding hydrogens is 400 g/mol. The van der Waals surface area contributed by atoms with Gasteiger partial charge in [-0.25, -0.2) is 0 Å². The lowest BCUT2D eigenvalue weighted by Crippen LogP contribution is -2.34. The van der Waals surface area contributed by atoms with Gasteiger partial charge in [0.2, 0.25) is 11.8 Å². The van der Waals surface area contributed by atoms with E-state index in [1.54, 1.807) is 69.6 Å². The standard InChI is InChI=1S/C23H28N2O6/c1-24(13-15-6-8-18(28-2)12-20(15)30-4)23(27)16-10-22(26)25(14-16)17-7-9-19(29-3)21(11-17)31-5/h6-9,11-12,16H,10,13-14H2,1-5H3. The Kier molecular flexibility index (Phi) is 6.89. The van der Waals surface area contributed by atoms with Crippen LogP contribution in [0.5, 0.6) is 23.0 Å². The number of benzene rings is 2. The first kappa shape index (κ1) is 22.3. The van der Waals surface area contributed by atoms with Crippen molar-refractivity contribution in [2.24, 2.45) is 5.92 Å². The Hall–Kier alpha value is -3.42. The molecule has 1 unspecified atom stereocenters. The first-order chi connectivity index (χ1) is 14.9. The third-order valence-electron chi connectivity index (χ3n) is 5.43. The fourth-order valence-corrected chi connectivity index (χ4v) is 3.74. The van der Waals surface area contributed by atoms with Crippen LogP contribution in [0.1, 0.15) is 12.0 Å². The fraction of sp³-hybridized carbons (Fsp3) is 0.391. The van der Waals surface area contributed by atoms with Gasteiger partial charge in [-0.15, -0.1) is 0 Å². The third kappa shape index (κ3) is 4.68. The number of anilines is 1. The van der Waals surface area contributed by atoms with Crippen molar-refractivity contribution >= 4 is 17.5 Å². The topological polar surface area (TPSA) is 77.5 Å². The summed E-state index contributed by atoms with van der Waals surface area (Å²) >= 11 is 0. The highest BCUT2D eigenvalue weighted by Crippen LogP contribution is 2.34. The van der Waals surface area contributed by atoms with Crippen molar-refractivity contribution in [3.05, 3.63) is 42.0 Å². The number of amides is 2. The first-order valence-corrected chi connectivity index (χ1v) is 9.90. The number of hydrogen-bond acceptors (Lipinski definition) is 6. The highest BCUT2D eigenvalue weighted by Gasteiger charge is 2.37. The molecule has 0 aliphatic carbocycles. The zero-order valence-electron chi connectivity index (χ0n) is 18.5. The molecule has 1 saturated heterocycles. The van der Waals surface area contributed by atoms with E-state index < -0.39 is 5.92 Å². The molecule has 1 aliphatic heterocycles. The van der Waals surface area contributed by atoms with E-state index in [1.807, 2.05) is 12.1 Å². The number of hydrogen-bond donors (Lipinski definition) is 0. The zero-order chi connectivity index (χ0) is 22.5. The molecular formula is C23H28N2O6. The summed E-state index contributed by atoms with van der Waals surface area (Å²) in [5, 5.41) is 0. The second-order valence-electron chi connectivity index (χ2n) is 7.32. The minimum Gasteiger partial charge on any atom is -0.497 e. The molecule has 0 bridgehead atoms. The van der Waals surface area contributed by atoms with Gasteiger partial charge in [-0.2, -0.15) is 0 Å². The summed E-state index contributed by atoms with van der Waals surface area (Å²) in [7, 11) is 8.00. The minimum absolute atomic E-state index is 0.0887. The number of nitrogens with zero attached hydrogens (tertiary/aromatic N) is 2. The summed E-state index contributed by atoms with van der Waals surface area (Å²) in [5.74, 6) is 1.84. The highest BCUT2D eigenvalue weighted by molar-refractivity contribution is 6.00. The van der Waals surface area contributed by atoms with E-state index in [2.05, 4.69) is 0 Å². The molecule has 1 fully saturated rings. The quantitative estimate of drug-likeness (QED) is 0.644. The van der Waals surface area contributed by atoms with Crippen LogP contribution in [0.4, 0.5) is 5.69 Å². The highest BCUT2D eigenvalue weighted by atomic mass is 16.5. The monoisotopic (exact) mass is 428 g/mol. The van der Waals surface area contributed by atoms with Crippen molar-refractivity contribution in [3.8, 4) is 23.0 Å². The van der Waals surface area contributed by atoms with Crippen molar-refractivity contribution in [1.82, 2.24) is 4.90 Å². The normalized spacial score (nSPS) is 15.6. The summed E-state index contributed by atoms with van der Waals surface area (Å²) in [5.41, 5.74) is 1.54. The molecule has 3 rings (SSSR count). The average molecular weight is 428 g/mol. The van der Waals surface area contributed by atoms with Gasteiger partial charge in [0.25, 0.3) is 0 Å². The van der Waals surface area contributed by atoms with E-state index in [9.17, 15) is 9.59 Å². The molecule has 2 aromatic carbocycles. The number of carbonyl (C=O) groups excluding carboxylic acids is 2. The molecule has 1 atom stereocenters. The molecule has 8 heteroatoms. The summed E-state index contributed by atoms with van der Waals surface area (Å²) in [6.45, 7) is 0.685. The minimum atomic E-state index is -0.421. The smallest absolute Gasteiger partial charge is 0.228 e. The van der Waals surface area contributed by atoms with Crippen molar-refractivity contribution in [2.45, 2.75) is 13.0 Å². The van der Waals surface area contributed by atoms with Crippen molar-refractivity contribution < 1.29 is 28.5 Å². The maximum Gasteiger partial charge on any atom is 0.228 e. The molecule has 0 spiro atoms. The van der Waals surface area contributed by atoms with Gasteiger partial charge in [0.15, 0.2) is 11.5 Å². The number of methoxy groups -OCH3 is 4. The van der Waals surface area contributed by atoms with Gasteiger partial charge < -0.3 is 28.7 Å². The van der Waals surface area contributed by atoms with Gasteiger partial charge in [-0.05, 0) is 24.3 Å². The molecule has 1 heterocycles. The SMILES string of the molecule is COc1ccc(CN(C)C(=O)C2CC(=O)N(c3ccc(OC)c(OC)c3)C2)c(OC)c1.